The number of nitrogens with two attached hydrogens (primary N) is 1. The summed E-state index contributed by atoms with van der Waals surface area (Å²) in [5.74, 6) is -0.632. The summed E-state index contributed by atoms with van der Waals surface area (Å²) in [6.07, 6.45) is 0. The Morgan fingerprint density at radius 2 is 1.89 bits per heavy atom. The van der Waals surface area contributed by atoms with E-state index in [4.69, 9.17) is 22.3 Å². The number of hydrogen-bond acceptors (Lipinski definition) is 8. The summed E-state index contributed by atoms with van der Waals surface area (Å²) < 4.78 is 46.4. The normalized spacial score (nSPS) is 24.8. The van der Waals surface area contributed by atoms with Gasteiger partial charge in [0.1, 0.15) is 23.5 Å². The fourth-order valence-corrected chi connectivity index (χ4v) is 6.68. The second-order valence-corrected chi connectivity index (χ2v) is 10.7. The lowest BCUT2D eigenvalue weighted by molar-refractivity contribution is -0.141. The molecule has 1 saturated heterocycles. The molecule has 0 aromatic heterocycles. The minimum atomic E-state index is -4.21. The molecule has 8 nitrogen and oxygen atoms in total. The monoisotopic (exact) mass is 422 g/mol. The number of fused-ring (bicyclic) bond motifs is 1. The molecule has 0 saturated carbocycles. The molecule has 0 aliphatic carbocycles. The molecule has 0 aromatic rings. The van der Waals surface area contributed by atoms with Gasteiger partial charge in [0, 0.05) is 21.0 Å². The zero-order valence-electron chi connectivity index (χ0n) is 18.3. The molecule has 2 heterocycles. The number of carbonyl (C=O) groups is 2. The number of ether oxygens (including phenoxy) is 1. The first-order valence-corrected chi connectivity index (χ1v) is 11.0. The molecule has 27 heavy (non-hydrogen) atoms. The van der Waals surface area contributed by atoms with Crippen molar-refractivity contribution in [2.24, 2.45) is 5.73 Å². The van der Waals surface area contributed by atoms with Crippen LogP contribution in [0.15, 0.2) is 11.0 Å². The van der Waals surface area contributed by atoms with E-state index in [-0.39, 0.29) is 25.8 Å². The number of rotatable bonds is 5. The molecule has 2 atom stereocenters. The Kier molecular flexibility index (Phi) is 5.42. The second kappa shape index (κ2) is 7.52. The van der Waals surface area contributed by atoms with Crippen molar-refractivity contribution in [3.8, 4) is 0 Å². The number of carbonyl (C=O) groups excluding carboxylic acids is 2. The maximum Gasteiger partial charge on any atom is 0.378 e. The third-order valence-corrected chi connectivity index (χ3v) is 7.38. The molecule has 0 spiro atoms. The second-order valence-electron chi connectivity index (χ2n) is 7.84. The van der Waals surface area contributed by atoms with Gasteiger partial charge in [-0.15, -0.1) is 11.8 Å². The van der Waals surface area contributed by atoms with Crippen LogP contribution in [0.2, 0.25) is 0 Å². The molecule has 2 aliphatic rings. The maximum atomic E-state index is 14.2. The molecule has 0 aromatic carbocycles. The summed E-state index contributed by atoms with van der Waals surface area (Å²) in [6, 6.07) is -0.743. The van der Waals surface area contributed by atoms with E-state index in [0.29, 0.717) is 11.3 Å². The van der Waals surface area contributed by atoms with Gasteiger partial charge in [-0.1, -0.05) is 0 Å². The number of esters is 1. The highest BCUT2D eigenvalue weighted by Crippen LogP contribution is 2.65. The third-order valence-electron chi connectivity index (χ3n) is 3.50. The third kappa shape index (κ3) is 5.15. The number of β-lactam (4-membered cyclic amide) rings is 1. The number of hydrogen-bond donors (Lipinski definition) is 1. The number of nitrogens with zero attached hydrogens (tertiary/aromatic N) is 1. The number of amides is 1. The zero-order chi connectivity index (χ0) is 22.2. The Balaban J connectivity index is 2.60. The van der Waals surface area contributed by atoms with Crippen LogP contribution >= 0.6 is 19.4 Å². The molecule has 1 amide bonds. The number of thioether (sulfide) groups is 1. The topological polar surface area (TPSA) is 108 Å². The van der Waals surface area contributed by atoms with Crippen molar-refractivity contribution in [1.82, 2.24) is 4.90 Å². The summed E-state index contributed by atoms with van der Waals surface area (Å²) in [7, 11) is -4.21. The van der Waals surface area contributed by atoms with Crippen LogP contribution in [0.25, 0.3) is 0 Å². The van der Waals surface area contributed by atoms with Gasteiger partial charge in [0.15, 0.2) is 0 Å². The maximum absolute atomic E-state index is 14.2. The molecular weight excluding hydrogens is 391 g/mol. The van der Waals surface area contributed by atoms with E-state index in [2.05, 4.69) is 0 Å². The van der Waals surface area contributed by atoms with Gasteiger partial charge in [-0.25, -0.2) is 0 Å². The van der Waals surface area contributed by atoms with Crippen molar-refractivity contribution in [1.29, 1.82) is 0 Å². The van der Waals surface area contributed by atoms with Crippen LogP contribution in [0, 0.1) is 0 Å². The lowest BCUT2D eigenvalue weighted by Gasteiger charge is -2.50. The van der Waals surface area contributed by atoms with Crippen molar-refractivity contribution in [2.45, 2.75) is 71.0 Å². The molecule has 0 radical (unpaired) electrons. The molecule has 10 heteroatoms. The average Bonchev–Trinajstić information content (AvgIpc) is 2.63. The Morgan fingerprint density at radius 1 is 1.33 bits per heavy atom. The van der Waals surface area contributed by atoms with Crippen LogP contribution in [-0.4, -0.2) is 51.8 Å². The molecule has 154 valence electrons. The van der Waals surface area contributed by atoms with Crippen LogP contribution in [0.3, 0.4) is 0 Å². The minimum absolute atomic E-state index is 0.0113. The minimum Gasteiger partial charge on any atom is -0.461 e. The standard InChI is InChI=1S/C17H29N2O6PS/c1-10(20)23-8-11-9-27-15-12(18)13(21)19(15)14(11)26(22,24-16(2,3)4)25-17(5,6)7/h12,15H,8-9,18H2,1-7H3/t12-,15+/m1/s1/i2D,5D. The van der Waals surface area contributed by atoms with E-state index in [1.54, 1.807) is 27.7 Å². The van der Waals surface area contributed by atoms with Crippen molar-refractivity contribution < 1.29 is 30.7 Å². The van der Waals surface area contributed by atoms with Crippen molar-refractivity contribution in [3.05, 3.63) is 11.0 Å². The van der Waals surface area contributed by atoms with E-state index in [0.717, 1.165) is 0 Å². The van der Waals surface area contributed by atoms with Gasteiger partial charge in [0.25, 0.3) is 0 Å². The van der Waals surface area contributed by atoms with Gasteiger partial charge in [-0.3, -0.25) is 28.1 Å². The van der Waals surface area contributed by atoms with Crippen LogP contribution in [-0.2, 0) is 27.9 Å². The van der Waals surface area contributed by atoms with Crippen molar-refractivity contribution in [2.75, 3.05) is 12.4 Å². The van der Waals surface area contributed by atoms with Crippen molar-refractivity contribution in [3.63, 3.8) is 0 Å². The molecule has 2 rings (SSSR count). The predicted octanol–water partition coefficient (Wildman–Crippen LogP) is 2.83. The van der Waals surface area contributed by atoms with Crippen LogP contribution in [0.1, 0.15) is 51.2 Å². The van der Waals surface area contributed by atoms with E-state index in [9.17, 15) is 14.2 Å². The predicted molar refractivity (Wildman–Crippen MR) is 104 cm³/mol. The van der Waals surface area contributed by atoms with E-state index >= 15 is 0 Å². The van der Waals surface area contributed by atoms with E-state index in [1.165, 1.54) is 23.6 Å². The largest absolute Gasteiger partial charge is 0.461 e. The fraction of sp³-hybridized carbons (Fsp3) is 0.765. The van der Waals surface area contributed by atoms with Gasteiger partial charge >= 0.3 is 13.6 Å². The summed E-state index contributed by atoms with van der Waals surface area (Å²) in [4.78, 5) is 25.2. The smallest absolute Gasteiger partial charge is 0.378 e. The zero-order valence-corrected chi connectivity index (χ0v) is 18.0. The molecule has 0 unspecified atom stereocenters. The van der Waals surface area contributed by atoms with Gasteiger partial charge in [0.05, 0.1) is 11.2 Å². The van der Waals surface area contributed by atoms with Crippen LogP contribution in [0.5, 0.6) is 0 Å². The fourth-order valence-electron chi connectivity index (χ4n) is 2.69. The lowest BCUT2D eigenvalue weighted by atomic mass is 10.1. The van der Waals surface area contributed by atoms with Crippen molar-refractivity contribution >= 4 is 31.2 Å². The Labute approximate surface area is 167 Å². The van der Waals surface area contributed by atoms with Gasteiger partial charge in [-0.2, -0.15) is 0 Å². The molecule has 0 bridgehead atoms. The first-order valence-electron chi connectivity index (χ1n) is 9.84. The van der Waals surface area contributed by atoms with Gasteiger partial charge in [0.2, 0.25) is 5.91 Å². The average molecular weight is 422 g/mol. The van der Waals surface area contributed by atoms with Gasteiger partial charge < -0.3 is 10.5 Å². The first-order chi connectivity index (χ1) is 13.3. The molecule has 1 fully saturated rings. The summed E-state index contributed by atoms with van der Waals surface area (Å²) in [5, 5.41) is -0.433. The first kappa shape index (κ1) is 19.5. The van der Waals surface area contributed by atoms with Gasteiger partial charge in [-0.05, 0) is 41.5 Å². The molecule has 2 aliphatic heterocycles. The summed E-state index contributed by atoms with van der Waals surface area (Å²) >= 11 is 1.38. The summed E-state index contributed by atoms with van der Waals surface area (Å²) in [5.41, 5.74) is 4.04. The highest BCUT2D eigenvalue weighted by molar-refractivity contribution is 8.00. The summed E-state index contributed by atoms with van der Waals surface area (Å²) in [6.45, 7) is 7.03. The molecular formula is C17H29N2O6PS. The SMILES string of the molecule is [2H]CC(C)(C)OP(=O)(OC(C)(C)C[2H])C1=C(COC(C)=O)CS[C@H]2[C@H](N)C(=O)N12. The van der Waals surface area contributed by atoms with Crippen LogP contribution in [0.4, 0.5) is 0 Å². The van der Waals surface area contributed by atoms with E-state index in [1.807, 2.05) is 0 Å². The highest BCUT2D eigenvalue weighted by atomic mass is 32.2. The highest BCUT2D eigenvalue weighted by Gasteiger charge is 2.56. The quantitative estimate of drug-likeness (QED) is 0.409. The Morgan fingerprint density at radius 3 is 2.37 bits per heavy atom. The van der Waals surface area contributed by atoms with E-state index < -0.39 is 42.1 Å². The Hall–Kier alpha value is -0.860. The molecule has 2 N–H and O–H groups in total. The van der Waals surface area contributed by atoms with Crippen LogP contribution < -0.4 is 5.73 Å². The lowest BCUT2D eigenvalue weighted by Crippen LogP contribution is -2.67. The Bertz CT molecular complexity index is 738.